The highest BCUT2D eigenvalue weighted by Gasteiger charge is 2.09. The topological polar surface area (TPSA) is 46.2 Å². The van der Waals surface area contributed by atoms with Crippen LogP contribution in [0.5, 0.6) is 0 Å². The van der Waals surface area contributed by atoms with E-state index in [0.29, 0.717) is 11.3 Å². The number of nitrogens with one attached hydrogen (secondary N) is 1. The number of carbonyl (C=O) groups is 2. The van der Waals surface area contributed by atoms with E-state index in [1.165, 1.54) is 19.1 Å². The van der Waals surface area contributed by atoms with Crippen LogP contribution in [-0.2, 0) is 0 Å². The van der Waals surface area contributed by atoms with Crippen molar-refractivity contribution in [2.24, 2.45) is 0 Å². The van der Waals surface area contributed by atoms with Crippen LogP contribution < -0.4 is 5.32 Å². The van der Waals surface area contributed by atoms with Gasteiger partial charge in [-0.1, -0.05) is 11.6 Å². The molecule has 0 unspecified atom stereocenters. The molecule has 20 heavy (non-hydrogen) atoms. The third-order valence-corrected chi connectivity index (χ3v) is 3.04. The number of hydrogen-bond acceptors (Lipinski definition) is 2. The third kappa shape index (κ3) is 3.22. The maximum Gasteiger partial charge on any atom is 0.255 e. The number of amides is 1. The van der Waals surface area contributed by atoms with Gasteiger partial charge in [0.25, 0.3) is 5.91 Å². The summed E-state index contributed by atoms with van der Waals surface area (Å²) in [5.41, 5.74) is 1.25. The molecule has 0 radical (unpaired) electrons. The minimum absolute atomic E-state index is 0.0349. The summed E-state index contributed by atoms with van der Waals surface area (Å²) < 4.78 is 13.3. The normalized spacial score (nSPS) is 10.2. The molecule has 0 fully saturated rings. The summed E-state index contributed by atoms with van der Waals surface area (Å²) in [5.74, 6) is -1.15. The van der Waals surface area contributed by atoms with Crippen molar-refractivity contribution in [3.8, 4) is 0 Å². The van der Waals surface area contributed by atoms with Crippen LogP contribution in [0.2, 0.25) is 5.02 Å². The highest BCUT2D eigenvalue weighted by Crippen LogP contribution is 2.17. The molecular formula is C15H11ClFNO2. The highest BCUT2D eigenvalue weighted by atomic mass is 35.5. The van der Waals surface area contributed by atoms with Crippen LogP contribution in [0.4, 0.5) is 10.1 Å². The Morgan fingerprint density at radius 3 is 2.20 bits per heavy atom. The van der Waals surface area contributed by atoms with E-state index < -0.39 is 11.7 Å². The van der Waals surface area contributed by atoms with Crippen molar-refractivity contribution in [3.63, 3.8) is 0 Å². The van der Waals surface area contributed by atoms with Gasteiger partial charge in [0.2, 0.25) is 0 Å². The van der Waals surface area contributed by atoms with Gasteiger partial charge in [-0.05, 0) is 49.4 Å². The molecule has 0 bridgehead atoms. The van der Waals surface area contributed by atoms with Crippen LogP contribution in [0.25, 0.3) is 0 Å². The Labute approximate surface area is 120 Å². The molecule has 0 saturated carbocycles. The van der Waals surface area contributed by atoms with Gasteiger partial charge in [-0.3, -0.25) is 9.59 Å². The molecule has 0 aliphatic carbocycles. The van der Waals surface area contributed by atoms with Gasteiger partial charge in [-0.25, -0.2) is 4.39 Å². The number of ketones is 1. The van der Waals surface area contributed by atoms with Crippen LogP contribution in [0, 0.1) is 5.82 Å². The van der Waals surface area contributed by atoms with Gasteiger partial charge < -0.3 is 5.32 Å². The van der Waals surface area contributed by atoms with Crippen molar-refractivity contribution in [1.82, 2.24) is 0 Å². The maximum absolute atomic E-state index is 13.3. The molecule has 2 aromatic carbocycles. The lowest BCUT2D eigenvalue weighted by Crippen LogP contribution is -2.12. The van der Waals surface area contributed by atoms with Crippen LogP contribution in [0.1, 0.15) is 27.6 Å². The van der Waals surface area contributed by atoms with Crippen molar-refractivity contribution in [1.29, 1.82) is 0 Å². The minimum Gasteiger partial charge on any atom is -0.322 e. The zero-order chi connectivity index (χ0) is 14.7. The van der Waals surface area contributed by atoms with E-state index in [9.17, 15) is 14.0 Å². The van der Waals surface area contributed by atoms with E-state index in [2.05, 4.69) is 5.32 Å². The Morgan fingerprint density at radius 2 is 1.65 bits per heavy atom. The molecule has 2 rings (SSSR count). The maximum atomic E-state index is 13.3. The zero-order valence-corrected chi connectivity index (χ0v) is 11.4. The highest BCUT2D eigenvalue weighted by molar-refractivity contribution is 6.30. The second kappa shape index (κ2) is 5.84. The molecule has 0 aliphatic heterocycles. The van der Waals surface area contributed by atoms with E-state index in [-0.39, 0.29) is 16.4 Å². The minimum atomic E-state index is -0.647. The van der Waals surface area contributed by atoms with E-state index in [1.807, 2.05) is 0 Å². The fraction of sp³-hybridized carbons (Fsp3) is 0.0667. The number of hydrogen-bond donors (Lipinski definition) is 1. The molecule has 5 heteroatoms. The number of halogens is 2. The van der Waals surface area contributed by atoms with Gasteiger partial charge in [-0.2, -0.15) is 0 Å². The first kappa shape index (κ1) is 14.2. The Kier molecular flexibility index (Phi) is 4.15. The fourth-order valence-corrected chi connectivity index (χ4v) is 1.75. The van der Waals surface area contributed by atoms with Gasteiger partial charge in [0.1, 0.15) is 5.82 Å². The van der Waals surface area contributed by atoms with E-state index in [0.717, 1.165) is 6.07 Å². The Hall–Kier alpha value is -2.20. The first-order valence-electron chi connectivity index (χ1n) is 5.85. The first-order chi connectivity index (χ1) is 9.47. The van der Waals surface area contributed by atoms with Gasteiger partial charge >= 0.3 is 0 Å². The summed E-state index contributed by atoms with van der Waals surface area (Å²) in [6.45, 7) is 1.46. The second-order valence-corrected chi connectivity index (χ2v) is 4.62. The van der Waals surface area contributed by atoms with E-state index in [1.54, 1.807) is 24.3 Å². The van der Waals surface area contributed by atoms with Crippen molar-refractivity contribution < 1.29 is 14.0 Å². The number of rotatable bonds is 3. The molecule has 3 nitrogen and oxygen atoms in total. The molecule has 102 valence electrons. The van der Waals surface area contributed by atoms with E-state index >= 15 is 0 Å². The van der Waals surface area contributed by atoms with Crippen LogP contribution >= 0.6 is 11.6 Å². The quantitative estimate of drug-likeness (QED) is 0.871. The van der Waals surface area contributed by atoms with Crippen LogP contribution in [0.15, 0.2) is 42.5 Å². The smallest absolute Gasteiger partial charge is 0.255 e. The number of carbonyl (C=O) groups excluding carboxylic acids is 2. The van der Waals surface area contributed by atoms with Crippen molar-refractivity contribution >= 4 is 29.0 Å². The van der Waals surface area contributed by atoms with Gasteiger partial charge in [0.05, 0.1) is 5.02 Å². The second-order valence-electron chi connectivity index (χ2n) is 4.22. The molecule has 1 amide bonds. The number of anilines is 1. The van der Waals surface area contributed by atoms with Crippen LogP contribution in [0.3, 0.4) is 0 Å². The van der Waals surface area contributed by atoms with E-state index in [4.69, 9.17) is 11.6 Å². The number of benzene rings is 2. The molecule has 2 aromatic rings. The molecule has 0 heterocycles. The predicted molar refractivity (Wildman–Crippen MR) is 75.8 cm³/mol. The molecule has 0 saturated heterocycles. The summed E-state index contributed by atoms with van der Waals surface area (Å²) in [6.07, 6.45) is 0. The standard InChI is InChI=1S/C15H11ClFNO2/c1-9(19)10-2-5-12(6-3-10)18-15(20)11-4-7-13(16)14(17)8-11/h2-8H,1H3,(H,18,20). The molecule has 0 spiro atoms. The SMILES string of the molecule is CC(=O)c1ccc(NC(=O)c2ccc(Cl)c(F)c2)cc1. The third-order valence-electron chi connectivity index (χ3n) is 2.73. The lowest BCUT2D eigenvalue weighted by atomic mass is 10.1. The molecule has 0 atom stereocenters. The van der Waals surface area contributed by atoms with Crippen molar-refractivity contribution in [3.05, 3.63) is 64.4 Å². The zero-order valence-electron chi connectivity index (χ0n) is 10.6. The lowest BCUT2D eigenvalue weighted by Gasteiger charge is -2.06. The van der Waals surface area contributed by atoms with Gasteiger partial charge in [0.15, 0.2) is 5.78 Å². The summed E-state index contributed by atoms with van der Waals surface area (Å²) in [5, 5.41) is 2.58. The van der Waals surface area contributed by atoms with Crippen molar-refractivity contribution in [2.75, 3.05) is 5.32 Å². The lowest BCUT2D eigenvalue weighted by molar-refractivity contribution is 0.101. The first-order valence-corrected chi connectivity index (χ1v) is 6.22. The average molecular weight is 292 g/mol. The van der Waals surface area contributed by atoms with Crippen LogP contribution in [-0.4, -0.2) is 11.7 Å². The fourth-order valence-electron chi connectivity index (χ4n) is 1.63. The summed E-state index contributed by atoms with van der Waals surface area (Å²) in [4.78, 5) is 23.0. The molecular weight excluding hydrogens is 281 g/mol. The summed E-state index contributed by atoms with van der Waals surface area (Å²) in [7, 11) is 0. The summed E-state index contributed by atoms with van der Waals surface area (Å²) in [6, 6.07) is 10.3. The predicted octanol–water partition coefficient (Wildman–Crippen LogP) is 3.93. The summed E-state index contributed by atoms with van der Waals surface area (Å²) >= 11 is 5.55. The Bertz CT molecular complexity index is 668. The molecule has 0 aliphatic rings. The number of Topliss-reactive ketones (excluding diaryl/α,β-unsaturated/α-hetero) is 1. The Balaban J connectivity index is 2.14. The van der Waals surface area contributed by atoms with Gasteiger partial charge in [-0.15, -0.1) is 0 Å². The molecule has 1 N–H and O–H groups in total. The average Bonchev–Trinajstić information content (AvgIpc) is 2.42. The van der Waals surface area contributed by atoms with Crippen molar-refractivity contribution in [2.45, 2.75) is 6.92 Å². The Morgan fingerprint density at radius 1 is 1.05 bits per heavy atom. The monoisotopic (exact) mass is 291 g/mol. The largest absolute Gasteiger partial charge is 0.322 e. The molecule has 0 aromatic heterocycles. The van der Waals surface area contributed by atoms with Gasteiger partial charge in [0, 0.05) is 16.8 Å².